The van der Waals surface area contributed by atoms with Crippen molar-refractivity contribution in [2.45, 2.75) is 39.7 Å². The molecule has 2 aromatic carbocycles. The predicted octanol–water partition coefficient (Wildman–Crippen LogP) is 4.48. The first-order valence-electron chi connectivity index (χ1n) is 8.09. The van der Waals surface area contributed by atoms with Crippen LogP contribution in [0.2, 0.25) is 0 Å². The number of benzene rings is 2. The van der Waals surface area contributed by atoms with Crippen molar-refractivity contribution in [2.24, 2.45) is 5.73 Å². The SMILES string of the molecule is CCc1cccc(CC)c1NC(=O)Nc1ccc(C(C)N)cc1. The first kappa shape index (κ1) is 17.0. The van der Waals surface area contributed by atoms with Gasteiger partial charge in [0.05, 0.1) is 0 Å². The molecule has 1 atom stereocenters. The van der Waals surface area contributed by atoms with Crippen LogP contribution in [0.4, 0.5) is 16.2 Å². The molecule has 4 heteroatoms. The van der Waals surface area contributed by atoms with Crippen molar-refractivity contribution in [2.75, 3.05) is 10.6 Å². The lowest BCUT2D eigenvalue weighted by Crippen LogP contribution is -2.21. The third kappa shape index (κ3) is 4.33. The van der Waals surface area contributed by atoms with Crippen molar-refractivity contribution in [3.8, 4) is 0 Å². The maximum absolute atomic E-state index is 12.3. The zero-order chi connectivity index (χ0) is 16.8. The molecule has 2 amide bonds. The van der Waals surface area contributed by atoms with Crippen LogP contribution in [0.15, 0.2) is 42.5 Å². The van der Waals surface area contributed by atoms with Gasteiger partial charge in [-0.05, 0) is 48.6 Å². The molecule has 0 aromatic heterocycles. The molecule has 4 N–H and O–H groups in total. The van der Waals surface area contributed by atoms with E-state index in [1.54, 1.807) is 0 Å². The summed E-state index contributed by atoms with van der Waals surface area (Å²) in [6.07, 6.45) is 1.76. The van der Waals surface area contributed by atoms with Crippen molar-refractivity contribution >= 4 is 17.4 Å². The number of nitrogens with two attached hydrogens (primary N) is 1. The molecule has 2 rings (SSSR count). The van der Waals surface area contributed by atoms with Gasteiger partial charge < -0.3 is 16.4 Å². The number of hydrogen-bond acceptors (Lipinski definition) is 2. The summed E-state index contributed by atoms with van der Waals surface area (Å²) in [5.74, 6) is 0. The van der Waals surface area contributed by atoms with Crippen molar-refractivity contribution in [1.29, 1.82) is 0 Å². The lowest BCUT2D eigenvalue weighted by atomic mass is 10.0. The number of nitrogens with one attached hydrogen (secondary N) is 2. The highest BCUT2D eigenvalue weighted by Gasteiger charge is 2.10. The van der Waals surface area contributed by atoms with Gasteiger partial charge in [0, 0.05) is 17.4 Å². The second-order valence-corrected chi connectivity index (χ2v) is 5.65. The van der Waals surface area contributed by atoms with Crippen LogP contribution in [0.5, 0.6) is 0 Å². The Morgan fingerprint density at radius 3 is 2.04 bits per heavy atom. The molecule has 0 fully saturated rings. The van der Waals surface area contributed by atoms with E-state index in [1.165, 1.54) is 0 Å². The van der Waals surface area contributed by atoms with E-state index in [0.717, 1.165) is 40.9 Å². The first-order valence-corrected chi connectivity index (χ1v) is 8.09. The number of rotatable bonds is 5. The zero-order valence-corrected chi connectivity index (χ0v) is 14.0. The van der Waals surface area contributed by atoms with Gasteiger partial charge >= 0.3 is 6.03 Å². The highest BCUT2D eigenvalue weighted by Crippen LogP contribution is 2.23. The molecule has 23 heavy (non-hydrogen) atoms. The monoisotopic (exact) mass is 311 g/mol. The maximum atomic E-state index is 12.3. The Morgan fingerprint density at radius 1 is 1.00 bits per heavy atom. The second kappa shape index (κ2) is 7.79. The molecule has 0 saturated carbocycles. The Labute approximate surface area is 138 Å². The van der Waals surface area contributed by atoms with Crippen LogP contribution in [-0.2, 0) is 12.8 Å². The van der Waals surface area contributed by atoms with E-state index in [4.69, 9.17) is 5.73 Å². The van der Waals surface area contributed by atoms with Gasteiger partial charge in [-0.3, -0.25) is 0 Å². The fourth-order valence-electron chi connectivity index (χ4n) is 2.55. The minimum Gasteiger partial charge on any atom is -0.324 e. The zero-order valence-electron chi connectivity index (χ0n) is 14.0. The van der Waals surface area contributed by atoms with Crippen LogP contribution >= 0.6 is 0 Å². The number of para-hydroxylation sites is 1. The molecule has 1 unspecified atom stereocenters. The Balaban J connectivity index is 2.10. The summed E-state index contributed by atoms with van der Waals surface area (Å²) < 4.78 is 0. The number of anilines is 2. The standard InChI is InChI=1S/C19H25N3O/c1-4-14-7-6-8-15(5-2)18(14)22-19(23)21-17-11-9-16(10-12-17)13(3)20/h6-13H,4-5,20H2,1-3H3,(H2,21,22,23). The normalized spacial score (nSPS) is 11.8. The Kier molecular flexibility index (Phi) is 5.77. The van der Waals surface area contributed by atoms with E-state index >= 15 is 0 Å². The summed E-state index contributed by atoms with van der Waals surface area (Å²) in [6, 6.07) is 13.5. The number of hydrogen-bond donors (Lipinski definition) is 3. The molecule has 0 aliphatic heterocycles. The molecule has 0 radical (unpaired) electrons. The second-order valence-electron chi connectivity index (χ2n) is 5.65. The van der Waals surface area contributed by atoms with E-state index in [2.05, 4.69) is 24.5 Å². The molecule has 0 saturated heterocycles. The molecule has 0 aliphatic rings. The highest BCUT2D eigenvalue weighted by molar-refractivity contribution is 6.00. The van der Waals surface area contributed by atoms with Crippen molar-refractivity contribution in [1.82, 2.24) is 0 Å². The Bertz CT molecular complexity index is 641. The molecule has 0 aliphatic carbocycles. The van der Waals surface area contributed by atoms with Crippen LogP contribution in [0.25, 0.3) is 0 Å². The van der Waals surface area contributed by atoms with Gasteiger partial charge in [-0.1, -0.05) is 44.2 Å². The van der Waals surface area contributed by atoms with Gasteiger partial charge in [0.25, 0.3) is 0 Å². The highest BCUT2D eigenvalue weighted by atomic mass is 16.2. The third-order valence-electron chi connectivity index (χ3n) is 3.93. The molecule has 4 nitrogen and oxygen atoms in total. The smallest absolute Gasteiger partial charge is 0.323 e. The number of amides is 2. The van der Waals surface area contributed by atoms with Crippen molar-refractivity contribution in [3.05, 3.63) is 59.2 Å². The average Bonchev–Trinajstić information content (AvgIpc) is 2.55. The van der Waals surface area contributed by atoms with Crippen LogP contribution in [0.1, 0.15) is 43.5 Å². The van der Waals surface area contributed by atoms with Crippen molar-refractivity contribution < 1.29 is 4.79 Å². The first-order chi connectivity index (χ1) is 11.0. The molecule has 0 heterocycles. The fraction of sp³-hybridized carbons (Fsp3) is 0.316. The molecule has 0 bridgehead atoms. The molecule has 2 aromatic rings. The molecule has 0 spiro atoms. The minimum atomic E-state index is -0.228. The summed E-state index contributed by atoms with van der Waals surface area (Å²) in [4.78, 5) is 12.3. The molecule has 122 valence electrons. The maximum Gasteiger partial charge on any atom is 0.323 e. The minimum absolute atomic E-state index is 0.0126. The summed E-state index contributed by atoms with van der Waals surface area (Å²) in [6.45, 7) is 6.11. The largest absolute Gasteiger partial charge is 0.324 e. The van der Waals surface area contributed by atoms with Crippen LogP contribution in [-0.4, -0.2) is 6.03 Å². The number of carbonyl (C=O) groups excluding carboxylic acids is 1. The number of carbonyl (C=O) groups is 1. The quantitative estimate of drug-likeness (QED) is 0.762. The van der Waals surface area contributed by atoms with Gasteiger partial charge in [0.2, 0.25) is 0 Å². The van der Waals surface area contributed by atoms with Gasteiger partial charge in [-0.25, -0.2) is 4.79 Å². The predicted molar refractivity (Wildman–Crippen MR) is 96.9 cm³/mol. The van der Waals surface area contributed by atoms with Crippen LogP contribution in [0, 0.1) is 0 Å². The lowest BCUT2D eigenvalue weighted by molar-refractivity contribution is 0.262. The molecular weight excluding hydrogens is 286 g/mol. The summed E-state index contributed by atoms with van der Waals surface area (Å²) >= 11 is 0. The van der Waals surface area contributed by atoms with Crippen LogP contribution in [0.3, 0.4) is 0 Å². The Hall–Kier alpha value is -2.33. The van der Waals surface area contributed by atoms with Gasteiger partial charge in [0.1, 0.15) is 0 Å². The molecular formula is C19H25N3O. The number of urea groups is 1. The van der Waals surface area contributed by atoms with E-state index < -0.39 is 0 Å². The van der Waals surface area contributed by atoms with E-state index in [0.29, 0.717) is 0 Å². The lowest BCUT2D eigenvalue weighted by Gasteiger charge is -2.15. The van der Waals surface area contributed by atoms with Gasteiger partial charge in [-0.15, -0.1) is 0 Å². The summed E-state index contributed by atoms with van der Waals surface area (Å²) in [7, 11) is 0. The fourth-order valence-corrected chi connectivity index (χ4v) is 2.55. The van der Waals surface area contributed by atoms with E-state index in [1.807, 2.05) is 49.4 Å². The summed E-state index contributed by atoms with van der Waals surface area (Å²) in [5, 5.41) is 5.86. The van der Waals surface area contributed by atoms with Gasteiger partial charge in [0.15, 0.2) is 0 Å². The van der Waals surface area contributed by atoms with E-state index in [-0.39, 0.29) is 12.1 Å². The average molecular weight is 311 g/mol. The van der Waals surface area contributed by atoms with Crippen LogP contribution < -0.4 is 16.4 Å². The third-order valence-corrected chi connectivity index (χ3v) is 3.93. The summed E-state index contributed by atoms with van der Waals surface area (Å²) in [5.41, 5.74) is 10.8. The topological polar surface area (TPSA) is 67.2 Å². The van der Waals surface area contributed by atoms with Gasteiger partial charge in [-0.2, -0.15) is 0 Å². The van der Waals surface area contributed by atoms with Crippen molar-refractivity contribution in [3.63, 3.8) is 0 Å². The number of aryl methyl sites for hydroxylation is 2. The Morgan fingerprint density at radius 2 is 1.57 bits per heavy atom. The van der Waals surface area contributed by atoms with E-state index in [9.17, 15) is 4.79 Å².